The molecule has 0 saturated heterocycles. The minimum Gasteiger partial charge on any atom is -0.399 e. The Labute approximate surface area is 111 Å². The number of rotatable bonds is 2. The van der Waals surface area contributed by atoms with Crippen molar-refractivity contribution in [1.29, 1.82) is 5.26 Å². The van der Waals surface area contributed by atoms with E-state index < -0.39 is 11.8 Å². The normalized spacial score (nSPS) is 15.3. The Kier molecular flexibility index (Phi) is 3.26. The van der Waals surface area contributed by atoms with Crippen LogP contribution in [0.1, 0.15) is 19.4 Å². The first-order valence-corrected chi connectivity index (χ1v) is 6.10. The highest BCUT2D eigenvalue weighted by Gasteiger charge is 2.37. The Morgan fingerprint density at radius 3 is 2.74 bits per heavy atom. The lowest BCUT2D eigenvalue weighted by molar-refractivity contribution is -0.127. The molecule has 1 heterocycles. The zero-order chi connectivity index (χ0) is 14.2. The lowest BCUT2D eigenvalue weighted by Gasteiger charge is -2.20. The molecule has 1 aliphatic rings. The summed E-state index contributed by atoms with van der Waals surface area (Å²) in [5, 5.41) is 9.08. The summed E-state index contributed by atoms with van der Waals surface area (Å²) in [4.78, 5) is 25.4. The fraction of sp³-hybridized carbons (Fsp3) is 0.357. The number of anilines is 2. The maximum Gasteiger partial charge on any atom is 0.251 e. The molecular formula is C14H15N3O2. The van der Waals surface area contributed by atoms with Gasteiger partial charge in [-0.3, -0.25) is 9.59 Å². The van der Waals surface area contributed by atoms with Crippen LogP contribution < -0.4 is 10.6 Å². The van der Waals surface area contributed by atoms with Crippen molar-refractivity contribution in [3.8, 4) is 6.07 Å². The van der Waals surface area contributed by atoms with Gasteiger partial charge in [0, 0.05) is 5.69 Å². The summed E-state index contributed by atoms with van der Waals surface area (Å²) in [6.45, 7) is 3.58. The van der Waals surface area contributed by atoms with Gasteiger partial charge >= 0.3 is 0 Å². The molecule has 2 N–H and O–H groups in total. The molecule has 0 saturated carbocycles. The van der Waals surface area contributed by atoms with Crippen LogP contribution in [0.25, 0.3) is 0 Å². The molecule has 0 aliphatic carbocycles. The van der Waals surface area contributed by atoms with Gasteiger partial charge in [-0.25, -0.2) is 4.90 Å². The van der Waals surface area contributed by atoms with Crippen LogP contribution in [0.4, 0.5) is 11.4 Å². The molecule has 1 aromatic carbocycles. The number of nitrogen functional groups attached to an aromatic ring is 1. The summed E-state index contributed by atoms with van der Waals surface area (Å²) in [5.41, 5.74) is 7.50. The van der Waals surface area contributed by atoms with Crippen LogP contribution in [0, 0.1) is 23.2 Å². The van der Waals surface area contributed by atoms with Crippen LogP contribution in [0.2, 0.25) is 0 Å². The van der Waals surface area contributed by atoms with Gasteiger partial charge in [-0.15, -0.1) is 0 Å². The zero-order valence-corrected chi connectivity index (χ0v) is 10.9. The van der Waals surface area contributed by atoms with Crippen LogP contribution in [0.15, 0.2) is 18.2 Å². The summed E-state index contributed by atoms with van der Waals surface area (Å²) in [6, 6.07) is 6.97. The van der Waals surface area contributed by atoms with Crippen molar-refractivity contribution in [2.24, 2.45) is 11.8 Å². The number of fused-ring (bicyclic) bond motifs is 1. The molecule has 1 aromatic rings. The standard InChI is InChI=1S/C14H15N3O2/c1-8(2)11(7-15)14(19)17-12-4-3-10(16)5-9(12)6-13(17)18/h3-5,8,11H,6,16H2,1-2H3. The molecule has 1 unspecified atom stereocenters. The zero-order valence-electron chi connectivity index (χ0n) is 10.9. The van der Waals surface area contributed by atoms with Crippen molar-refractivity contribution in [3.05, 3.63) is 23.8 Å². The third-order valence-corrected chi connectivity index (χ3v) is 3.23. The van der Waals surface area contributed by atoms with E-state index in [4.69, 9.17) is 11.0 Å². The quantitative estimate of drug-likeness (QED) is 0.813. The minimum atomic E-state index is -0.813. The molecule has 0 bridgehead atoms. The second-order valence-electron chi connectivity index (χ2n) is 4.98. The van der Waals surface area contributed by atoms with Gasteiger partial charge in [0.1, 0.15) is 5.92 Å². The van der Waals surface area contributed by atoms with Crippen LogP contribution in [0.5, 0.6) is 0 Å². The molecule has 1 atom stereocenters. The number of nitrogens with zero attached hydrogens (tertiary/aromatic N) is 2. The van der Waals surface area contributed by atoms with E-state index in [0.29, 0.717) is 11.4 Å². The predicted octanol–water partition coefficient (Wildman–Crippen LogP) is 1.48. The molecule has 1 aliphatic heterocycles. The third kappa shape index (κ3) is 2.17. The highest BCUT2D eigenvalue weighted by atomic mass is 16.2. The summed E-state index contributed by atoms with van der Waals surface area (Å²) < 4.78 is 0. The highest BCUT2D eigenvalue weighted by molar-refractivity contribution is 6.20. The molecule has 0 spiro atoms. The molecule has 0 radical (unpaired) electrons. The number of nitriles is 1. The van der Waals surface area contributed by atoms with Gasteiger partial charge in [0.2, 0.25) is 5.91 Å². The van der Waals surface area contributed by atoms with Crippen molar-refractivity contribution in [3.63, 3.8) is 0 Å². The third-order valence-electron chi connectivity index (χ3n) is 3.23. The maximum atomic E-state index is 12.3. The van der Waals surface area contributed by atoms with Gasteiger partial charge in [-0.1, -0.05) is 13.8 Å². The molecule has 98 valence electrons. The number of carbonyl (C=O) groups excluding carboxylic acids is 2. The summed E-state index contributed by atoms with van der Waals surface area (Å²) in [6.07, 6.45) is 0.155. The Hall–Kier alpha value is -2.35. The van der Waals surface area contributed by atoms with Crippen molar-refractivity contribution in [2.45, 2.75) is 20.3 Å². The topological polar surface area (TPSA) is 87.2 Å². The van der Waals surface area contributed by atoms with Crippen LogP contribution in [-0.4, -0.2) is 11.8 Å². The van der Waals surface area contributed by atoms with Gasteiger partial charge in [0.25, 0.3) is 5.91 Å². The van der Waals surface area contributed by atoms with E-state index in [2.05, 4.69) is 0 Å². The van der Waals surface area contributed by atoms with Gasteiger partial charge in [0.15, 0.2) is 0 Å². The number of hydrogen-bond acceptors (Lipinski definition) is 4. The highest BCUT2D eigenvalue weighted by Crippen LogP contribution is 2.32. The van der Waals surface area contributed by atoms with Gasteiger partial charge in [0.05, 0.1) is 18.2 Å². The minimum absolute atomic E-state index is 0.136. The number of carbonyl (C=O) groups is 2. The average Bonchev–Trinajstić information content (AvgIpc) is 2.64. The Bertz CT molecular complexity index is 587. The lowest BCUT2D eigenvalue weighted by atomic mass is 9.96. The maximum absolute atomic E-state index is 12.3. The molecule has 5 nitrogen and oxygen atoms in total. The summed E-state index contributed by atoms with van der Waals surface area (Å²) in [7, 11) is 0. The number of nitrogens with two attached hydrogens (primary N) is 1. The fourth-order valence-corrected chi connectivity index (χ4v) is 2.21. The largest absolute Gasteiger partial charge is 0.399 e. The van der Waals surface area contributed by atoms with Crippen LogP contribution in [0.3, 0.4) is 0 Å². The second-order valence-corrected chi connectivity index (χ2v) is 4.98. The monoisotopic (exact) mass is 257 g/mol. The SMILES string of the molecule is CC(C)C(C#N)C(=O)N1C(=O)Cc2cc(N)ccc21. The first kappa shape index (κ1) is 13.1. The van der Waals surface area contributed by atoms with Gasteiger partial charge in [-0.2, -0.15) is 5.26 Å². The van der Waals surface area contributed by atoms with E-state index in [1.165, 1.54) is 0 Å². The second kappa shape index (κ2) is 4.73. The van der Waals surface area contributed by atoms with Gasteiger partial charge in [-0.05, 0) is 29.7 Å². The molecule has 19 heavy (non-hydrogen) atoms. The molecule has 2 rings (SSSR count). The van der Waals surface area contributed by atoms with Crippen molar-refractivity contribution in [2.75, 3.05) is 10.6 Å². The molecule has 0 fully saturated rings. The first-order valence-electron chi connectivity index (χ1n) is 6.10. The average molecular weight is 257 g/mol. The molecule has 2 amide bonds. The number of amides is 2. The number of hydrogen-bond donors (Lipinski definition) is 1. The summed E-state index contributed by atoms with van der Waals surface area (Å²) in [5.74, 6) is -1.70. The fourth-order valence-electron chi connectivity index (χ4n) is 2.21. The molecule has 5 heteroatoms. The smallest absolute Gasteiger partial charge is 0.251 e. The van der Waals surface area contributed by atoms with E-state index >= 15 is 0 Å². The van der Waals surface area contributed by atoms with E-state index in [1.807, 2.05) is 6.07 Å². The van der Waals surface area contributed by atoms with E-state index in [-0.39, 0.29) is 18.2 Å². The Morgan fingerprint density at radius 2 is 2.16 bits per heavy atom. The Morgan fingerprint density at radius 1 is 1.47 bits per heavy atom. The lowest BCUT2D eigenvalue weighted by Crippen LogP contribution is -2.39. The summed E-state index contributed by atoms with van der Waals surface area (Å²) >= 11 is 0. The number of benzene rings is 1. The van der Waals surface area contributed by atoms with E-state index in [9.17, 15) is 9.59 Å². The van der Waals surface area contributed by atoms with E-state index in [1.54, 1.807) is 32.0 Å². The first-order chi connectivity index (χ1) is 8.95. The van der Waals surface area contributed by atoms with Crippen molar-refractivity contribution >= 4 is 23.2 Å². The van der Waals surface area contributed by atoms with Crippen molar-refractivity contribution in [1.82, 2.24) is 0 Å². The Balaban J connectivity index is 2.40. The number of imide groups is 1. The van der Waals surface area contributed by atoms with E-state index in [0.717, 1.165) is 10.5 Å². The van der Waals surface area contributed by atoms with Crippen LogP contribution in [-0.2, 0) is 16.0 Å². The van der Waals surface area contributed by atoms with Crippen LogP contribution >= 0.6 is 0 Å². The molecule has 0 aromatic heterocycles. The predicted molar refractivity (Wildman–Crippen MR) is 71.0 cm³/mol. The van der Waals surface area contributed by atoms with Gasteiger partial charge < -0.3 is 5.73 Å². The van der Waals surface area contributed by atoms with Crippen molar-refractivity contribution < 1.29 is 9.59 Å². The molecular weight excluding hydrogens is 242 g/mol.